The molecule has 1 saturated heterocycles. The highest BCUT2D eigenvalue weighted by Crippen LogP contribution is 2.28. The summed E-state index contributed by atoms with van der Waals surface area (Å²) in [6.45, 7) is 2.76. The van der Waals surface area contributed by atoms with E-state index in [9.17, 15) is 14.4 Å². The van der Waals surface area contributed by atoms with Gasteiger partial charge in [-0.15, -0.1) is 0 Å². The number of nitrogens with one attached hydrogen (secondary N) is 1. The van der Waals surface area contributed by atoms with E-state index in [1.165, 1.54) is 4.90 Å². The Labute approximate surface area is 153 Å². The average Bonchev–Trinajstić information content (AvgIpc) is 2.86. The molecule has 1 fully saturated rings. The van der Waals surface area contributed by atoms with Gasteiger partial charge in [0.1, 0.15) is 12.1 Å². The van der Waals surface area contributed by atoms with Crippen LogP contribution in [0.25, 0.3) is 0 Å². The molecule has 0 radical (unpaired) electrons. The van der Waals surface area contributed by atoms with Crippen LogP contribution < -0.4 is 5.32 Å². The number of ether oxygens (including phenoxy) is 2. The number of imide groups is 1. The van der Waals surface area contributed by atoms with E-state index in [1.807, 2.05) is 6.07 Å². The van der Waals surface area contributed by atoms with E-state index in [0.717, 1.165) is 4.90 Å². The van der Waals surface area contributed by atoms with Crippen molar-refractivity contribution < 1.29 is 23.9 Å². The van der Waals surface area contributed by atoms with Crippen molar-refractivity contribution in [2.45, 2.75) is 12.5 Å². The lowest BCUT2D eigenvalue weighted by Crippen LogP contribution is -2.46. The van der Waals surface area contributed by atoms with Gasteiger partial charge in [-0.25, -0.2) is 4.79 Å². The molecular formula is C18H25N3O5. The van der Waals surface area contributed by atoms with Crippen molar-refractivity contribution in [1.29, 1.82) is 0 Å². The fraction of sp³-hybridized carbons (Fsp3) is 0.500. The first-order valence-electron chi connectivity index (χ1n) is 8.39. The molecule has 1 aromatic rings. The average molecular weight is 363 g/mol. The van der Waals surface area contributed by atoms with Crippen molar-refractivity contribution in [3.05, 3.63) is 35.9 Å². The van der Waals surface area contributed by atoms with Gasteiger partial charge in [0.2, 0.25) is 5.91 Å². The van der Waals surface area contributed by atoms with Gasteiger partial charge in [0.05, 0.1) is 13.2 Å². The fourth-order valence-electron chi connectivity index (χ4n) is 2.81. The molecule has 1 aliphatic heterocycles. The zero-order valence-electron chi connectivity index (χ0n) is 15.4. The second-order valence-corrected chi connectivity index (χ2v) is 6.18. The zero-order valence-corrected chi connectivity index (χ0v) is 15.4. The molecule has 1 atom stereocenters. The summed E-state index contributed by atoms with van der Waals surface area (Å²) in [5.74, 6) is -0.777. The molecule has 1 aromatic carbocycles. The third-order valence-corrected chi connectivity index (χ3v) is 4.40. The van der Waals surface area contributed by atoms with Gasteiger partial charge < -0.3 is 19.7 Å². The molecule has 2 rings (SSSR count). The van der Waals surface area contributed by atoms with E-state index in [-0.39, 0.29) is 12.5 Å². The highest BCUT2D eigenvalue weighted by molar-refractivity contribution is 6.09. The number of rotatable bonds is 9. The van der Waals surface area contributed by atoms with E-state index in [2.05, 4.69) is 5.32 Å². The quantitative estimate of drug-likeness (QED) is 0.648. The van der Waals surface area contributed by atoms with Gasteiger partial charge >= 0.3 is 6.03 Å². The number of carbonyl (C=O) groups excluding carboxylic acids is 3. The van der Waals surface area contributed by atoms with Crippen LogP contribution in [0.5, 0.6) is 0 Å². The Morgan fingerprint density at radius 3 is 2.23 bits per heavy atom. The van der Waals surface area contributed by atoms with Crippen molar-refractivity contribution in [2.24, 2.45) is 0 Å². The summed E-state index contributed by atoms with van der Waals surface area (Å²) in [5.41, 5.74) is -0.508. The minimum atomic E-state index is -1.18. The number of carbonyl (C=O) groups is 3. The standard InChI is InChI=1S/C18H25N3O5/c1-18(14-7-5-4-6-8-14)16(23)21(17(24)19-18)13-15(22)20(9-11-25-2)10-12-26-3/h4-8H,9-13H2,1-3H3,(H,19,24)/t18-/m0/s1. The normalized spacial score (nSPS) is 19.6. The molecule has 142 valence electrons. The minimum Gasteiger partial charge on any atom is -0.383 e. The Morgan fingerprint density at radius 1 is 1.12 bits per heavy atom. The van der Waals surface area contributed by atoms with E-state index >= 15 is 0 Å². The van der Waals surface area contributed by atoms with Gasteiger partial charge in [-0.2, -0.15) is 0 Å². The van der Waals surface area contributed by atoms with Gasteiger partial charge in [-0.1, -0.05) is 30.3 Å². The minimum absolute atomic E-state index is 0.319. The number of urea groups is 1. The maximum atomic E-state index is 12.8. The summed E-state index contributed by atoms with van der Waals surface area (Å²) in [5, 5.41) is 2.69. The van der Waals surface area contributed by atoms with Gasteiger partial charge in [-0.05, 0) is 12.5 Å². The number of hydrogen-bond donors (Lipinski definition) is 1. The summed E-state index contributed by atoms with van der Waals surface area (Å²) in [6.07, 6.45) is 0. The van der Waals surface area contributed by atoms with Crippen LogP contribution in [0.3, 0.4) is 0 Å². The zero-order chi connectivity index (χ0) is 19.2. The first-order chi connectivity index (χ1) is 12.4. The number of nitrogens with zero attached hydrogens (tertiary/aromatic N) is 2. The summed E-state index contributed by atoms with van der Waals surface area (Å²) in [4.78, 5) is 40.3. The molecule has 4 amide bonds. The molecule has 26 heavy (non-hydrogen) atoms. The molecule has 0 saturated carbocycles. The number of benzene rings is 1. The van der Waals surface area contributed by atoms with Crippen LogP contribution in [0.1, 0.15) is 12.5 Å². The van der Waals surface area contributed by atoms with Crippen LogP contribution in [-0.2, 0) is 24.6 Å². The van der Waals surface area contributed by atoms with Crippen LogP contribution in [0.2, 0.25) is 0 Å². The van der Waals surface area contributed by atoms with E-state index in [1.54, 1.807) is 45.4 Å². The lowest BCUT2D eigenvalue weighted by molar-refractivity contribution is -0.139. The van der Waals surface area contributed by atoms with Crippen LogP contribution in [0, 0.1) is 0 Å². The maximum Gasteiger partial charge on any atom is 0.325 e. The maximum absolute atomic E-state index is 12.8. The molecule has 0 spiro atoms. The smallest absolute Gasteiger partial charge is 0.325 e. The third kappa shape index (κ3) is 4.20. The summed E-state index contributed by atoms with van der Waals surface area (Å²) in [7, 11) is 3.09. The molecule has 1 N–H and O–H groups in total. The Balaban J connectivity index is 2.11. The molecule has 0 bridgehead atoms. The highest BCUT2D eigenvalue weighted by atomic mass is 16.5. The SMILES string of the molecule is COCCN(CCOC)C(=O)CN1C(=O)N[C@@](C)(c2ccccc2)C1=O. The molecule has 0 aliphatic carbocycles. The van der Waals surface area contributed by atoms with E-state index in [4.69, 9.17) is 9.47 Å². The largest absolute Gasteiger partial charge is 0.383 e. The molecule has 8 heteroatoms. The summed E-state index contributed by atoms with van der Waals surface area (Å²) in [6, 6.07) is 8.39. The van der Waals surface area contributed by atoms with Crippen LogP contribution in [0.15, 0.2) is 30.3 Å². The topological polar surface area (TPSA) is 88.2 Å². The van der Waals surface area contributed by atoms with Crippen molar-refractivity contribution in [1.82, 2.24) is 15.1 Å². The van der Waals surface area contributed by atoms with Gasteiger partial charge in [-0.3, -0.25) is 14.5 Å². The Morgan fingerprint density at radius 2 is 1.69 bits per heavy atom. The van der Waals surface area contributed by atoms with Crippen molar-refractivity contribution in [3.63, 3.8) is 0 Å². The number of hydrogen-bond acceptors (Lipinski definition) is 5. The van der Waals surface area contributed by atoms with Gasteiger partial charge in [0, 0.05) is 27.3 Å². The fourth-order valence-corrected chi connectivity index (χ4v) is 2.81. The number of methoxy groups -OCH3 is 2. The second kappa shape index (κ2) is 8.77. The predicted octanol–water partition coefficient (Wildman–Crippen LogP) is 0.575. The van der Waals surface area contributed by atoms with E-state index < -0.39 is 17.5 Å². The van der Waals surface area contributed by atoms with E-state index in [0.29, 0.717) is 31.9 Å². The van der Waals surface area contributed by atoms with Crippen LogP contribution >= 0.6 is 0 Å². The van der Waals surface area contributed by atoms with Crippen molar-refractivity contribution >= 4 is 17.8 Å². The first kappa shape index (κ1) is 19.9. The lowest BCUT2D eigenvalue weighted by Gasteiger charge is -2.25. The molecule has 0 aromatic heterocycles. The lowest BCUT2D eigenvalue weighted by atomic mass is 9.92. The predicted molar refractivity (Wildman–Crippen MR) is 94.4 cm³/mol. The van der Waals surface area contributed by atoms with Crippen molar-refractivity contribution in [2.75, 3.05) is 47.1 Å². The third-order valence-electron chi connectivity index (χ3n) is 4.40. The van der Waals surface area contributed by atoms with Gasteiger partial charge in [0.25, 0.3) is 5.91 Å². The highest BCUT2D eigenvalue weighted by Gasteiger charge is 2.49. The summed E-state index contributed by atoms with van der Waals surface area (Å²) < 4.78 is 10.0. The Hall–Kier alpha value is -2.45. The number of amides is 4. The van der Waals surface area contributed by atoms with Crippen LogP contribution in [-0.4, -0.2) is 74.7 Å². The molecule has 1 heterocycles. The van der Waals surface area contributed by atoms with Crippen molar-refractivity contribution in [3.8, 4) is 0 Å². The molecular weight excluding hydrogens is 338 g/mol. The molecule has 8 nitrogen and oxygen atoms in total. The first-order valence-corrected chi connectivity index (χ1v) is 8.39. The van der Waals surface area contributed by atoms with Gasteiger partial charge in [0.15, 0.2) is 0 Å². The Bertz CT molecular complexity index is 643. The Kier molecular flexibility index (Phi) is 6.70. The second-order valence-electron chi connectivity index (χ2n) is 6.18. The van der Waals surface area contributed by atoms with Crippen LogP contribution in [0.4, 0.5) is 4.79 Å². The molecule has 1 aliphatic rings. The molecule has 0 unspecified atom stereocenters. The summed E-state index contributed by atoms with van der Waals surface area (Å²) >= 11 is 0. The monoisotopic (exact) mass is 363 g/mol.